The predicted octanol–water partition coefficient (Wildman–Crippen LogP) is 5.34. The maximum absolute atomic E-state index is 12.6. The SMILES string of the molecule is CCOC(=O)c1c(NC(=O)COc2ccc(Cl)cc2C)sc2c1C(C)CCC2. The largest absolute Gasteiger partial charge is 0.483 e. The number of amides is 1. The zero-order valence-electron chi connectivity index (χ0n) is 16.3. The molecule has 7 heteroatoms. The van der Waals surface area contributed by atoms with Crippen LogP contribution in [0.1, 0.15) is 59.0 Å². The van der Waals surface area contributed by atoms with Gasteiger partial charge in [-0.25, -0.2) is 4.79 Å². The van der Waals surface area contributed by atoms with Crippen molar-refractivity contribution in [1.29, 1.82) is 0 Å². The van der Waals surface area contributed by atoms with Gasteiger partial charge in [-0.2, -0.15) is 0 Å². The van der Waals surface area contributed by atoms with Crippen LogP contribution in [0.3, 0.4) is 0 Å². The zero-order valence-corrected chi connectivity index (χ0v) is 17.8. The highest BCUT2D eigenvalue weighted by Crippen LogP contribution is 2.43. The topological polar surface area (TPSA) is 64.6 Å². The summed E-state index contributed by atoms with van der Waals surface area (Å²) in [4.78, 5) is 26.2. The molecule has 1 amide bonds. The van der Waals surface area contributed by atoms with Crippen molar-refractivity contribution in [3.8, 4) is 5.75 Å². The highest BCUT2D eigenvalue weighted by Gasteiger charge is 2.30. The molecule has 0 aliphatic heterocycles. The Morgan fingerprint density at radius 1 is 1.36 bits per heavy atom. The minimum atomic E-state index is -0.376. The normalized spacial score (nSPS) is 15.6. The Bertz CT molecular complexity index is 893. The smallest absolute Gasteiger partial charge is 0.341 e. The van der Waals surface area contributed by atoms with Crippen LogP contribution in [0.5, 0.6) is 5.75 Å². The molecule has 1 N–H and O–H groups in total. The van der Waals surface area contributed by atoms with Crippen molar-refractivity contribution in [3.63, 3.8) is 0 Å². The van der Waals surface area contributed by atoms with Gasteiger partial charge in [-0.05, 0) is 68.4 Å². The van der Waals surface area contributed by atoms with Gasteiger partial charge in [0.25, 0.3) is 5.91 Å². The Morgan fingerprint density at radius 3 is 2.86 bits per heavy atom. The lowest BCUT2D eigenvalue weighted by molar-refractivity contribution is -0.118. The third kappa shape index (κ3) is 4.50. The number of ether oxygens (including phenoxy) is 2. The molecular formula is C21H24ClNO4S. The highest BCUT2D eigenvalue weighted by atomic mass is 35.5. The third-order valence-electron chi connectivity index (χ3n) is 4.78. The van der Waals surface area contributed by atoms with Crippen LogP contribution in [0.15, 0.2) is 18.2 Å². The summed E-state index contributed by atoms with van der Waals surface area (Å²) in [5.41, 5.74) is 2.39. The second-order valence-corrected chi connectivity index (χ2v) is 8.45. The van der Waals surface area contributed by atoms with E-state index in [9.17, 15) is 9.59 Å². The summed E-state index contributed by atoms with van der Waals surface area (Å²) in [5, 5.41) is 4.03. The Kier molecular flexibility index (Phi) is 6.62. The number of benzene rings is 1. The fourth-order valence-electron chi connectivity index (χ4n) is 3.49. The molecule has 150 valence electrons. The van der Waals surface area contributed by atoms with Crippen molar-refractivity contribution < 1.29 is 19.1 Å². The molecule has 1 aromatic carbocycles. The standard InChI is InChI=1S/C21H24ClNO4S/c1-4-26-21(25)19-18-12(2)6-5-7-16(18)28-20(19)23-17(24)11-27-15-9-8-14(22)10-13(15)3/h8-10,12H,4-7,11H2,1-3H3,(H,23,24). The molecule has 0 radical (unpaired) electrons. The number of fused-ring (bicyclic) bond motifs is 1. The molecule has 3 rings (SSSR count). The second-order valence-electron chi connectivity index (χ2n) is 6.90. The van der Waals surface area contributed by atoms with Crippen LogP contribution in [0, 0.1) is 6.92 Å². The van der Waals surface area contributed by atoms with E-state index in [1.54, 1.807) is 25.1 Å². The van der Waals surface area contributed by atoms with Crippen LogP contribution >= 0.6 is 22.9 Å². The monoisotopic (exact) mass is 421 g/mol. The van der Waals surface area contributed by atoms with Gasteiger partial charge in [0.2, 0.25) is 0 Å². The molecule has 28 heavy (non-hydrogen) atoms. The number of carbonyl (C=O) groups is 2. The van der Waals surface area contributed by atoms with Gasteiger partial charge in [0.1, 0.15) is 10.8 Å². The van der Waals surface area contributed by atoms with Gasteiger partial charge in [-0.15, -0.1) is 11.3 Å². The Morgan fingerprint density at radius 2 is 2.14 bits per heavy atom. The number of aryl methyl sites for hydroxylation is 2. The molecule has 1 heterocycles. The summed E-state index contributed by atoms with van der Waals surface area (Å²) >= 11 is 7.41. The van der Waals surface area contributed by atoms with Gasteiger partial charge < -0.3 is 14.8 Å². The maximum atomic E-state index is 12.6. The van der Waals surface area contributed by atoms with Gasteiger partial charge in [0.05, 0.1) is 12.2 Å². The average molecular weight is 422 g/mol. The molecule has 1 aliphatic carbocycles. The van der Waals surface area contributed by atoms with Crippen LogP contribution in [0.4, 0.5) is 5.00 Å². The van der Waals surface area contributed by atoms with E-state index in [4.69, 9.17) is 21.1 Å². The van der Waals surface area contributed by atoms with E-state index in [1.165, 1.54) is 11.3 Å². The molecule has 1 aromatic heterocycles. The molecule has 1 aliphatic rings. The van der Waals surface area contributed by atoms with Crippen molar-refractivity contribution in [2.45, 2.75) is 46.0 Å². The maximum Gasteiger partial charge on any atom is 0.341 e. The van der Waals surface area contributed by atoms with Crippen LogP contribution in [0.25, 0.3) is 0 Å². The Balaban J connectivity index is 1.77. The van der Waals surface area contributed by atoms with E-state index in [-0.39, 0.29) is 24.4 Å². The summed E-state index contributed by atoms with van der Waals surface area (Å²) in [5.74, 6) is 0.187. The minimum absolute atomic E-state index is 0.150. The van der Waals surface area contributed by atoms with Gasteiger partial charge >= 0.3 is 5.97 Å². The van der Waals surface area contributed by atoms with Gasteiger partial charge in [0, 0.05) is 9.90 Å². The molecule has 0 bridgehead atoms. The van der Waals surface area contributed by atoms with Crippen molar-refractivity contribution in [3.05, 3.63) is 44.8 Å². The van der Waals surface area contributed by atoms with Crippen LogP contribution < -0.4 is 10.1 Å². The number of thiophene rings is 1. The molecule has 0 fully saturated rings. The summed E-state index contributed by atoms with van der Waals surface area (Å²) in [6.07, 6.45) is 3.04. The number of halogens is 1. The highest BCUT2D eigenvalue weighted by molar-refractivity contribution is 7.17. The van der Waals surface area contributed by atoms with Gasteiger partial charge in [0.15, 0.2) is 6.61 Å². The van der Waals surface area contributed by atoms with E-state index < -0.39 is 0 Å². The average Bonchev–Trinajstić information content (AvgIpc) is 3.00. The number of esters is 1. The number of hydrogen-bond donors (Lipinski definition) is 1. The van der Waals surface area contributed by atoms with Crippen molar-refractivity contribution >= 4 is 39.8 Å². The second kappa shape index (κ2) is 8.97. The molecule has 1 atom stereocenters. The van der Waals surface area contributed by atoms with E-state index in [0.717, 1.165) is 35.3 Å². The molecule has 1 unspecified atom stereocenters. The number of carbonyl (C=O) groups excluding carboxylic acids is 2. The summed E-state index contributed by atoms with van der Waals surface area (Å²) < 4.78 is 10.9. The van der Waals surface area contributed by atoms with Crippen molar-refractivity contribution in [1.82, 2.24) is 0 Å². The van der Waals surface area contributed by atoms with Crippen molar-refractivity contribution in [2.75, 3.05) is 18.5 Å². The summed E-state index contributed by atoms with van der Waals surface area (Å²) in [7, 11) is 0. The number of anilines is 1. The van der Waals surface area contributed by atoms with Crippen molar-refractivity contribution in [2.24, 2.45) is 0 Å². The fraction of sp³-hybridized carbons (Fsp3) is 0.429. The number of rotatable bonds is 6. The number of nitrogens with one attached hydrogen (secondary N) is 1. The Labute approximate surface area is 174 Å². The van der Waals surface area contributed by atoms with Gasteiger partial charge in [-0.1, -0.05) is 18.5 Å². The quantitative estimate of drug-likeness (QED) is 0.639. The number of hydrogen-bond acceptors (Lipinski definition) is 5. The summed E-state index contributed by atoms with van der Waals surface area (Å²) in [6.45, 7) is 5.91. The van der Waals surface area contributed by atoms with Crippen LogP contribution in [-0.4, -0.2) is 25.1 Å². The molecular weight excluding hydrogens is 398 g/mol. The zero-order chi connectivity index (χ0) is 20.3. The van der Waals surface area contributed by atoms with E-state index in [1.807, 2.05) is 6.92 Å². The minimum Gasteiger partial charge on any atom is -0.483 e. The first-order chi connectivity index (χ1) is 13.4. The van der Waals surface area contributed by atoms with E-state index >= 15 is 0 Å². The van der Waals surface area contributed by atoms with Crippen LogP contribution in [0.2, 0.25) is 5.02 Å². The predicted molar refractivity (Wildman–Crippen MR) is 112 cm³/mol. The fourth-order valence-corrected chi connectivity index (χ4v) is 5.08. The molecule has 0 saturated heterocycles. The lowest BCUT2D eigenvalue weighted by Crippen LogP contribution is -2.21. The molecule has 2 aromatic rings. The van der Waals surface area contributed by atoms with E-state index in [2.05, 4.69) is 12.2 Å². The molecule has 0 saturated carbocycles. The lowest BCUT2D eigenvalue weighted by atomic mass is 9.86. The Hall–Kier alpha value is -2.05. The van der Waals surface area contributed by atoms with E-state index in [0.29, 0.717) is 27.9 Å². The first-order valence-corrected chi connectivity index (χ1v) is 10.6. The lowest BCUT2D eigenvalue weighted by Gasteiger charge is -2.19. The molecule has 5 nitrogen and oxygen atoms in total. The third-order valence-corrected chi connectivity index (χ3v) is 6.20. The first kappa shape index (κ1) is 20.7. The van der Waals surface area contributed by atoms with Gasteiger partial charge in [-0.3, -0.25) is 4.79 Å². The summed E-state index contributed by atoms with van der Waals surface area (Å²) in [6, 6.07) is 5.23. The molecule has 0 spiro atoms. The van der Waals surface area contributed by atoms with Crippen LogP contribution in [-0.2, 0) is 16.0 Å². The first-order valence-electron chi connectivity index (χ1n) is 9.42.